The number of hydrogen-bond acceptors (Lipinski definition) is 10. The fraction of sp³-hybridized carbons (Fsp3) is 0.374. The number of ether oxygens (including phenoxy) is 1. The molecule has 19 rings (SSSR count). The molecule has 568 valence electrons. The summed E-state index contributed by atoms with van der Waals surface area (Å²) in [5, 5.41) is 49.7. The Kier molecular flexibility index (Phi) is 22.0. The van der Waals surface area contributed by atoms with Gasteiger partial charge in [-0.05, 0) is 165 Å². The van der Waals surface area contributed by atoms with Crippen molar-refractivity contribution < 1.29 is 67.9 Å². The van der Waals surface area contributed by atoms with E-state index in [0.29, 0.717) is 56.4 Å². The van der Waals surface area contributed by atoms with Crippen LogP contribution in [0, 0.1) is 16.2 Å². The van der Waals surface area contributed by atoms with Crippen LogP contribution in [0.3, 0.4) is 0 Å². The number of nitrogens with zero attached hydrogens (tertiary/aromatic N) is 15. The Bertz CT molecular complexity index is 5450. The summed E-state index contributed by atoms with van der Waals surface area (Å²) in [5.74, 6) is 1.99. The summed E-state index contributed by atoms with van der Waals surface area (Å²) >= 11 is 0. The van der Waals surface area contributed by atoms with Crippen LogP contribution >= 0.6 is 0 Å². The van der Waals surface area contributed by atoms with Crippen molar-refractivity contribution in [1.82, 2.24) is 60.5 Å². The third kappa shape index (κ3) is 13.3. The van der Waals surface area contributed by atoms with Crippen molar-refractivity contribution in [1.29, 1.82) is 0 Å². The second kappa shape index (κ2) is 30.8. The number of hydrogen-bond donors (Lipinski definition) is 0. The second-order valence-corrected chi connectivity index (χ2v) is 33.7. The minimum absolute atomic E-state index is 0. The van der Waals surface area contributed by atoms with Crippen molar-refractivity contribution in [3.05, 3.63) is 278 Å². The van der Waals surface area contributed by atoms with Crippen LogP contribution in [0.15, 0.2) is 195 Å². The van der Waals surface area contributed by atoms with Crippen LogP contribution in [0.2, 0.25) is 0 Å². The molecule has 110 heavy (non-hydrogen) atoms. The molecule has 6 bridgehead atoms. The molecule has 3 fully saturated rings. The van der Waals surface area contributed by atoms with Crippen LogP contribution in [0.25, 0.3) is 82.4 Å². The smallest absolute Gasteiger partial charge is 0.656 e. The number of pyridine rings is 6. The van der Waals surface area contributed by atoms with Crippen molar-refractivity contribution in [3.8, 4) is 40.0 Å². The summed E-state index contributed by atoms with van der Waals surface area (Å²) in [5.41, 5.74) is 19.9. The molecule has 4 aromatic carbocycles. The van der Waals surface area contributed by atoms with Crippen LogP contribution in [0.1, 0.15) is 206 Å². The molecular formula is C91H93N15OPt3. The molecular weight excluding hydrogens is 1900 g/mol. The Morgan fingerprint density at radius 2 is 0.827 bits per heavy atom. The average molecular weight is 2000 g/mol. The molecule has 16 nitrogen and oxygen atoms in total. The van der Waals surface area contributed by atoms with Gasteiger partial charge >= 0.3 is 63.2 Å². The van der Waals surface area contributed by atoms with Crippen LogP contribution in [0.4, 0.5) is 0 Å². The maximum atomic E-state index is 5.96. The third-order valence-electron chi connectivity index (χ3n) is 26.8. The Hall–Kier alpha value is -8.07. The van der Waals surface area contributed by atoms with E-state index in [1.165, 1.54) is 88.6 Å². The molecule has 0 spiro atoms. The molecule has 19 heteroatoms. The fourth-order valence-corrected chi connectivity index (χ4v) is 19.4. The van der Waals surface area contributed by atoms with Gasteiger partial charge in [0.25, 0.3) is 0 Å². The molecule has 6 aliphatic carbocycles. The normalized spacial score (nSPS) is 21.7. The van der Waals surface area contributed by atoms with Crippen molar-refractivity contribution in [2.75, 3.05) is 19.8 Å². The van der Waals surface area contributed by atoms with E-state index in [9.17, 15) is 0 Å². The topological polar surface area (TPSA) is 210 Å². The van der Waals surface area contributed by atoms with Gasteiger partial charge in [-0.15, -0.1) is 32.7 Å². The predicted molar refractivity (Wildman–Crippen MR) is 425 cm³/mol. The molecule has 0 aliphatic heterocycles. The standard InChI is InChI=1S/C34H33N5.C30H33N5.C27H27N5O.3Pt/c1-33(2)27-16-17-34(33,3)32-29(27)31(38-39-32)30-25-15-8-7-13-23(25)19-28(37-30)26(22-11-5-4-6-12-22)21-35-20-24-14-9-10-18-36-24;1-28(2,18-31-17-20-11-8-9-15-32-20)23-16-19-10-6-7-12-21(19)25(33-23)26-24-22-13-14-30(5,29(22,3)4)27(24)35-34-26;1-26(2)20-11-12-27(26,3)25-22(20)24(31-32-25)23-19-10-5-4-8-17(19)14-21(30-23)33-16-28-15-18-9-6-7-13-29-18;;;/h4-15,18-19,26-27H,16-17,20-21H2,1-3H3;6-12,15-16,22H,13-14,17-18H2,1-5H3;4-10,13-14,20H,11-12,15-16H2,1-3H3;;;/q3*-2;3*+2. The van der Waals surface area contributed by atoms with Crippen molar-refractivity contribution in [2.24, 2.45) is 16.2 Å². The molecule has 6 aliphatic rings. The molecule has 0 amide bonds. The number of aromatic nitrogens is 12. The van der Waals surface area contributed by atoms with Gasteiger partial charge in [0.2, 0.25) is 5.88 Å². The van der Waals surface area contributed by atoms with Crippen LogP contribution < -0.4 is 20.0 Å². The molecule has 7 unspecified atom stereocenters. The molecule has 9 aromatic heterocycles. The average Bonchev–Trinajstić information content (AvgIpc) is 1.53. The largest absolute Gasteiger partial charge is 2.00 e. The fourth-order valence-electron chi connectivity index (χ4n) is 19.4. The van der Waals surface area contributed by atoms with Gasteiger partial charge in [0.1, 0.15) is 0 Å². The summed E-state index contributed by atoms with van der Waals surface area (Å²) in [7, 11) is 0. The predicted octanol–water partition coefficient (Wildman–Crippen LogP) is 19.9. The van der Waals surface area contributed by atoms with E-state index in [-0.39, 0.29) is 114 Å². The van der Waals surface area contributed by atoms with E-state index >= 15 is 0 Å². The van der Waals surface area contributed by atoms with Crippen molar-refractivity contribution in [2.45, 2.75) is 180 Å². The number of benzene rings is 4. The van der Waals surface area contributed by atoms with Gasteiger partial charge in [-0.2, -0.15) is 0 Å². The zero-order chi connectivity index (χ0) is 73.7. The first-order valence-electron chi connectivity index (χ1n) is 38.3. The molecule has 0 radical (unpaired) electrons. The molecule has 13 aromatic rings. The van der Waals surface area contributed by atoms with Gasteiger partial charge < -0.3 is 51.3 Å². The van der Waals surface area contributed by atoms with Crippen LogP contribution in [0.5, 0.6) is 5.88 Å². The maximum Gasteiger partial charge on any atom is 2.00 e. The Labute approximate surface area is 689 Å². The Morgan fingerprint density at radius 3 is 1.28 bits per heavy atom. The molecule has 7 atom stereocenters. The van der Waals surface area contributed by atoms with E-state index in [1.54, 1.807) is 6.20 Å². The van der Waals surface area contributed by atoms with Crippen LogP contribution in [-0.2, 0) is 104 Å². The van der Waals surface area contributed by atoms with Gasteiger partial charge in [-0.25, -0.2) is 4.98 Å². The van der Waals surface area contributed by atoms with Crippen LogP contribution in [-0.4, -0.2) is 65.0 Å². The summed E-state index contributed by atoms with van der Waals surface area (Å²) in [6, 6.07) is 60.2. The minimum atomic E-state index is -0.221. The summed E-state index contributed by atoms with van der Waals surface area (Å²) in [6.07, 6.45) is 12.5. The first-order chi connectivity index (χ1) is 51.7. The van der Waals surface area contributed by atoms with Crippen molar-refractivity contribution >= 4 is 32.3 Å². The quantitative estimate of drug-likeness (QED) is 0.0691. The molecule has 0 saturated heterocycles. The van der Waals surface area contributed by atoms with E-state index < -0.39 is 0 Å². The van der Waals surface area contributed by atoms with Gasteiger partial charge in [-0.1, -0.05) is 215 Å². The van der Waals surface area contributed by atoms with E-state index in [1.807, 2.05) is 85.2 Å². The Balaban J connectivity index is 0.000000136. The summed E-state index contributed by atoms with van der Waals surface area (Å²) < 4.78 is 5.96. The van der Waals surface area contributed by atoms with Gasteiger partial charge in [0.15, 0.2) is 0 Å². The summed E-state index contributed by atoms with van der Waals surface area (Å²) in [6.45, 7) is 29.2. The Morgan fingerprint density at radius 1 is 0.436 bits per heavy atom. The third-order valence-corrected chi connectivity index (χ3v) is 26.8. The second-order valence-electron chi connectivity index (χ2n) is 33.7. The van der Waals surface area contributed by atoms with Gasteiger partial charge in [0, 0.05) is 115 Å². The van der Waals surface area contributed by atoms with E-state index in [0.717, 1.165) is 84.2 Å². The number of fused-ring (bicyclic) bond motifs is 18. The van der Waals surface area contributed by atoms with E-state index in [4.69, 9.17) is 55.8 Å². The minimum Gasteiger partial charge on any atom is -0.656 e. The first-order valence-corrected chi connectivity index (χ1v) is 38.3. The van der Waals surface area contributed by atoms with Gasteiger partial charge in [0.05, 0.1) is 17.1 Å². The molecule has 9 heterocycles. The van der Waals surface area contributed by atoms with Crippen molar-refractivity contribution in [3.63, 3.8) is 0 Å². The summed E-state index contributed by atoms with van der Waals surface area (Å²) in [4.78, 5) is 28.8. The van der Waals surface area contributed by atoms with Gasteiger partial charge in [-0.3, -0.25) is 24.9 Å². The number of rotatable bonds is 19. The zero-order valence-corrected chi connectivity index (χ0v) is 71.2. The molecule has 0 N–H and O–H groups in total. The first kappa shape index (κ1) is 78.6. The van der Waals surface area contributed by atoms with E-state index in [2.05, 4.69) is 205 Å². The SMILES string of the molecule is CC(C)(C[N-]Cc1ccccn1)c1cc2ccccc2c(-c2[n-]nc3c2C2CCC3(C)C2(C)C)n1.CC12CCC(c3c1n[n-]c3-c1nc(C(C[N-]Cc3ccccn3)c3ccccc3)cc3ccccc13)C2(C)C.CC12CCC(c3c1n[n-]c3-c1nc(OC[N-]Cc3ccccn3)cc3ccccc13)C2(C)C.[Pt+2].[Pt+2].[Pt+2]. The zero-order valence-electron chi connectivity index (χ0n) is 64.3. The molecule has 3 saturated carbocycles. The monoisotopic (exact) mass is 2000 g/mol. The maximum absolute atomic E-state index is 5.96.